The van der Waals surface area contributed by atoms with E-state index in [2.05, 4.69) is 15.3 Å². The molecule has 1 amide bonds. The molecule has 0 radical (unpaired) electrons. The van der Waals surface area contributed by atoms with Gasteiger partial charge in [0.15, 0.2) is 0 Å². The minimum atomic E-state index is -0.830. The molecule has 23 heavy (non-hydrogen) atoms. The van der Waals surface area contributed by atoms with Crippen molar-refractivity contribution in [3.8, 4) is 5.82 Å². The largest absolute Gasteiger partial charge is 0.388 e. The number of rotatable bonds is 8. The molecule has 2 N–H and O–H groups in total. The normalized spacial score (nSPS) is 11.4. The maximum atomic E-state index is 12.2. The minimum absolute atomic E-state index is 0.222. The molecular formula is C17H24N4O2. The quantitative estimate of drug-likeness (QED) is 0.783. The second-order valence-corrected chi connectivity index (χ2v) is 5.78. The Hall–Kier alpha value is -2.21. The molecule has 0 aliphatic rings. The standard InChI is InChI=1S/C17H24N4O2/c1-3-7-17(23,8-4-2)12-20-16(22)14-5-6-15(19-11-14)21-10-9-18-13-21/h5-6,9-11,13,23H,3-4,7-8,12H2,1-2H3,(H,20,22). The van der Waals surface area contributed by atoms with Gasteiger partial charge in [-0.2, -0.15) is 0 Å². The lowest BCUT2D eigenvalue weighted by atomic mass is 9.92. The van der Waals surface area contributed by atoms with Crippen LogP contribution in [0.25, 0.3) is 5.82 Å². The van der Waals surface area contributed by atoms with Gasteiger partial charge in [0.05, 0.1) is 11.2 Å². The fraction of sp³-hybridized carbons (Fsp3) is 0.471. The lowest BCUT2D eigenvalue weighted by Crippen LogP contribution is -2.42. The first-order chi connectivity index (χ1) is 11.1. The first-order valence-electron chi connectivity index (χ1n) is 8.03. The van der Waals surface area contributed by atoms with Crippen LogP contribution in [0.1, 0.15) is 49.9 Å². The molecule has 0 aliphatic heterocycles. The van der Waals surface area contributed by atoms with E-state index in [4.69, 9.17) is 0 Å². The van der Waals surface area contributed by atoms with E-state index in [0.29, 0.717) is 24.2 Å². The van der Waals surface area contributed by atoms with Crippen LogP contribution in [-0.2, 0) is 0 Å². The number of aliphatic hydroxyl groups is 1. The van der Waals surface area contributed by atoms with Gasteiger partial charge in [0, 0.05) is 25.1 Å². The van der Waals surface area contributed by atoms with Crippen molar-refractivity contribution >= 4 is 5.91 Å². The average molecular weight is 316 g/mol. The molecule has 0 atom stereocenters. The van der Waals surface area contributed by atoms with Crippen LogP contribution in [0.4, 0.5) is 0 Å². The summed E-state index contributed by atoms with van der Waals surface area (Å²) in [5.74, 6) is 0.479. The lowest BCUT2D eigenvalue weighted by molar-refractivity contribution is 0.0213. The van der Waals surface area contributed by atoms with Gasteiger partial charge in [0.1, 0.15) is 12.1 Å². The summed E-state index contributed by atoms with van der Waals surface area (Å²) >= 11 is 0. The van der Waals surface area contributed by atoms with Gasteiger partial charge < -0.3 is 10.4 Å². The SMILES string of the molecule is CCCC(O)(CCC)CNC(=O)c1ccc(-n2ccnc2)nc1. The Kier molecular flexibility index (Phi) is 5.87. The Labute approximate surface area is 136 Å². The zero-order valence-electron chi connectivity index (χ0n) is 13.7. The molecular weight excluding hydrogens is 292 g/mol. The van der Waals surface area contributed by atoms with Crippen molar-refractivity contribution in [1.82, 2.24) is 19.9 Å². The molecule has 0 aromatic carbocycles. The summed E-state index contributed by atoms with van der Waals surface area (Å²) in [4.78, 5) is 20.4. The van der Waals surface area contributed by atoms with Crippen LogP contribution in [0, 0.1) is 0 Å². The lowest BCUT2D eigenvalue weighted by Gasteiger charge is -2.27. The summed E-state index contributed by atoms with van der Waals surface area (Å²) in [7, 11) is 0. The Bertz CT molecular complexity index is 602. The molecule has 0 saturated heterocycles. The van der Waals surface area contributed by atoms with Crippen LogP contribution < -0.4 is 5.32 Å². The molecule has 0 saturated carbocycles. The van der Waals surface area contributed by atoms with Gasteiger partial charge in [0.25, 0.3) is 5.91 Å². The van der Waals surface area contributed by atoms with Crippen LogP contribution >= 0.6 is 0 Å². The number of aromatic nitrogens is 3. The summed E-state index contributed by atoms with van der Waals surface area (Å²) in [6.45, 7) is 4.32. The van der Waals surface area contributed by atoms with Crippen molar-refractivity contribution in [3.05, 3.63) is 42.6 Å². The van der Waals surface area contributed by atoms with Crippen molar-refractivity contribution in [2.24, 2.45) is 0 Å². The molecule has 6 heteroatoms. The van der Waals surface area contributed by atoms with Crippen molar-refractivity contribution in [3.63, 3.8) is 0 Å². The topological polar surface area (TPSA) is 80.0 Å². The third kappa shape index (κ3) is 4.63. The second kappa shape index (κ2) is 7.87. The minimum Gasteiger partial charge on any atom is -0.388 e. The first-order valence-corrected chi connectivity index (χ1v) is 8.03. The van der Waals surface area contributed by atoms with Crippen molar-refractivity contribution in [2.75, 3.05) is 6.54 Å². The van der Waals surface area contributed by atoms with E-state index in [9.17, 15) is 9.90 Å². The summed E-state index contributed by atoms with van der Waals surface area (Å²) < 4.78 is 1.77. The molecule has 2 aromatic rings. The molecule has 2 rings (SSSR count). The maximum Gasteiger partial charge on any atom is 0.252 e. The molecule has 124 valence electrons. The van der Waals surface area contributed by atoms with Gasteiger partial charge in [-0.25, -0.2) is 9.97 Å². The molecule has 0 fully saturated rings. The number of hydrogen-bond donors (Lipinski definition) is 2. The highest BCUT2D eigenvalue weighted by atomic mass is 16.3. The van der Waals surface area contributed by atoms with Gasteiger partial charge in [-0.15, -0.1) is 0 Å². The molecule has 0 bridgehead atoms. The average Bonchev–Trinajstić information content (AvgIpc) is 3.08. The predicted octanol–water partition coefficient (Wildman–Crippen LogP) is 2.33. The first kappa shape index (κ1) is 17.1. The molecule has 2 aromatic heterocycles. The number of nitrogens with zero attached hydrogens (tertiary/aromatic N) is 3. The number of amides is 1. The van der Waals surface area contributed by atoms with Crippen LogP contribution in [0.2, 0.25) is 0 Å². The zero-order valence-corrected chi connectivity index (χ0v) is 13.7. The molecule has 0 aliphatic carbocycles. The van der Waals surface area contributed by atoms with E-state index in [1.165, 1.54) is 6.20 Å². The van der Waals surface area contributed by atoms with Crippen LogP contribution in [0.15, 0.2) is 37.1 Å². The fourth-order valence-corrected chi connectivity index (χ4v) is 2.65. The van der Waals surface area contributed by atoms with Crippen molar-refractivity contribution in [2.45, 2.75) is 45.1 Å². The summed E-state index contributed by atoms with van der Waals surface area (Å²) in [6, 6.07) is 3.48. The predicted molar refractivity (Wildman–Crippen MR) is 88.5 cm³/mol. The number of imidazole rings is 1. The second-order valence-electron chi connectivity index (χ2n) is 5.78. The Balaban J connectivity index is 1.97. The molecule has 6 nitrogen and oxygen atoms in total. The Morgan fingerprint density at radius 3 is 2.57 bits per heavy atom. The van der Waals surface area contributed by atoms with Gasteiger partial charge in [-0.1, -0.05) is 26.7 Å². The van der Waals surface area contributed by atoms with Gasteiger partial charge >= 0.3 is 0 Å². The van der Waals surface area contributed by atoms with E-state index in [1.807, 2.05) is 13.8 Å². The zero-order chi connectivity index (χ0) is 16.7. The third-order valence-corrected chi connectivity index (χ3v) is 3.79. The van der Waals surface area contributed by atoms with Crippen molar-refractivity contribution < 1.29 is 9.90 Å². The Morgan fingerprint density at radius 1 is 1.30 bits per heavy atom. The highest BCUT2D eigenvalue weighted by Crippen LogP contribution is 2.18. The highest BCUT2D eigenvalue weighted by Gasteiger charge is 2.25. The van der Waals surface area contributed by atoms with Crippen LogP contribution in [-0.4, -0.2) is 37.7 Å². The number of carbonyl (C=O) groups is 1. The Morgan fingerprint density at radius 2 is 2.04 bits per heavy atom. The number of nitrogens with one attached hydrogen (secondary N) is 1. The molecule has 0 spiro atoms. The van der Waals surface area contributed by atoms with E-state index >= 15 is 0 Å². The monoisotopic (exact) mass is 316 g/mol. The summed E-state index contributed by atoms with van der Waals surface area (Å²) in [6.07, 6.45) is 9.77. The smallest absolute Gasteiger partial charge is 0.252 e. The van der Waals surface area contributed by atoms with Gasteiger partial charge in [-0.05, 0) is 25.0 Å². The van der Waals surface area contributed by atoms with E-state index < -0.39 is 5.60 Å². The molecule has 0 unspecified atom stereocenters. The number of carbonyl (C=O) groups excluding carboxylic acids is 1. The number of pyridine rings is 1. The molecule has 2 heterocycles. The van der Waals surface area contributed by atoms with E-state index in [0.717, 1.165) is 12.8 Å². The van der Waals surface area contributed by atoms with Crippen molar-refractivity contribution in [1.29, 1.82) is 0 Å². The maximum absolute atomic E-state index is 12.2. The number of hydrogen-bond acceptors (Lipinski definition) is 4. The van der Waals surface area contributed by atoms with Crippen LogP contribution in [0.3, 0.4) is 0 Å². The third-order valence-electron chi connectivity index (χ3n) is 3.79. The van der Waals surface area contributed by atoms with E-state index in [1.54, 1.807) is 35.4 Å². The van der Waals surface area contributed by atoms with Gasteiger partial charge in [-0.3, -0.25) is 9.36 Å². The summed E-state index contributed by atoms with van der Waals surface area (Å²) in [5.41, 5.74) is -0.354. The highest BCUT2D eigenvalue weighted by molar-refractivity contribution is 5.93. The van der Waals surface area contributed by atoms with E-state index in [-0.39, 0.29) is 12.5 Å². The van der Waals surface area contributed by atoms with Crippen LogP contribution in [0.5, 0.6) is 0 Å². The van der Waals surface area contributed by atoms with Gasteiger partial charge in [0.2, 0.25) is 0 Å². The fourth-order valence-electron chi connectivity index (χ4n) is 2.65. The summed E-state index contributed by atoms with van der Waals surface area (Å²) in [5, 5.41) is 13.4.